The number of anilines is 1. The van der Waals surface area contributed by atoms with Gasteiger partial charge in [0.05, 0.1) is 25.6 Å². The molecule has 3 heterocycles. The van der Waals surface area contributed by atoms with Gasteiger partial charge in [-0.2, -0.15) is 31.3 Å². The number of imidazole rings is 1. The molecule has 1 aliphatic rings. The van der Waals surface area contributed by atoms with Crippen LogP contribution in [0.5, 0.6) is 5.75 Å². The predicted octanol–water partition coefficient (Wildman–Crippen LogP) is 5.21. The number of fused-ring (bicyclic) bond motifs is 2. The molecule has 3 aromatic rings. The highest BCUT2D eigenvalue weighted by Gasteiger charge is 2.39. The molecule has 2 N–H and O–H groups in total. The minimum Gasteiger partial charge on any atom is -0.493 e. The van der Waals surface area contributed by atoms with E-state index < -0.39 is 45.6 Å². The fourth-order valence-corrected chi connectivity index (χ4v) is 5.77. The summed E-state index contributed by atoms with van der Waals surface area (Å²) >= 11 is 1.31. The Morgan fingerprint density at radius 1 is 1.15 bits per heavy atom. The van der Waals surface area contributed by atoms with Crippen molar-refractivity contribution >= 4 is 36.5 Å². The molecule has 0 radical (unpaired) electrons. The zero-order chi connectivity index (χ0) is 28.4. The van der Waals surface area contributed by atoms with E-state index in [0.717, 1.165) is 22.6 Å². The Bertz CT molecular complexity index is 1350. The summed E-state index contributed by atoms with van der Waals surface area (Å²) in [6.07, 6.45) is -9.73. The largest absolute Gasteiger partial charge is 0.493 e. The zero-order valence-electron chi connectivity index (χ0n) is 20.2. The molecule has 1 aliphatic heterocycles. The average Bonchev–Trinajstić information content (AvgIpc) is 3.46. The second-order valence-corrected chi connectivity index (χ2v) is 11.5. The number of nitrogens with two attached hydrogens (primary N) is 1. The van der Waals surface area contributed by atoms with Gasteiger partial charge in [-0.15, -0.1) is 0 Å². The minimum absolute atomic E-state index is 0.0220. The van der Waals surface area contributed by atoms with Gasteiger partial charge >= 0.3 is 19.9 Å². The van der Waals surface area contributed by atoms with E-state index in [1.54, 1.807) is 0 Å². The molecule has 0 saturated heterocycles. The van der Waals surface area contributed by atoms with Crippen molar-refractivity contribution in [2.45, 2.75) is 48.3 Å². The fraction of sp³-hybridized carbons (Fsp3) is 0.476. The van der Waals surface area contributed by atoms with Crippen molar-refractivity contribution < 1.29 is 49.4 Å². The lowest BCUT2D eigenvalue weighted by Gasteiger charge is -2.22. The number of hydrogen-bond acceptors (Lipinski definition) is 10. The standard InChI is InChI=1S/C21H22F6N5O5PS/c1-12(35-11-38(33,36-8-20(22,23)24)37-9-21(25,26)27)7-32-10-29-16-17(32)30-19(28)31-18(16)39-14-2-3-15-13(6-14)4-5-34-15/h2-3,6,10,12H,4-5,7-9,11H2,1H3,(H2,28,30,31). The monoisotopic (exact) mass is 601 g/mol. The molecule has 39 heavy (non-hydrogen) atoms. The Morgan fingerprint density at radius 3 is 2.51 bits per heavy atom. The van der Waals surface area contributed by atoms with Crippen LogP contribution in [0.3, 0.4) is 0 Å². The smallest absolute Gasteiger partial charge is 0.412 e. The van der Waals surface area contributed by atoms with Crippen molar-refractivity contribution in [2.75, 3.05) is 31.9 Å². The van der Waals surface area contributed by atoms with Crippen molar-refractivity contribution in [1.82, 2.24) is 19.5 Å². The van der Waals surface area contributed by atoms with Crippen molar-refractivity contribution in [1.29, 1.82) is 0 Å². The lowest BCUT2D eigenvalue weighted by atomic mass is 10.2. The van der Waals surface area contributed by atoms with E-state index in [2.05, 4.69) is 24.0 Å². The number of rotatable bonds is 11. The second-order valence-electron chi connectivity index (χ2n) is 8.42. The molecule has 214 valence electrons. The number of hydrogen-bond donors (Lipinski definition) is 1. The summed E-state index contributed by atoms with van der Waals surface area (Å²) in [6, 6.07) is 5.70. The van der Waals surface area contributed by atoms with Crippen molar-refractivity contribution in [2.24, 2.45) is 0 Å². The van der Waals surface area contributed by atoms with Gasteiger partial charge in [-0.1, -0.05) is 11.8 Å². The first-order chi connectivity index (χ1) is 18.2. The van der Waals surface area contributed by atoms with Gasteiger partial charge in [0, 0.05) is 11.3 Å². The van der Waals surface area contributed by atoms with Crippen LogP contribution in [0.25, 0.3) is 11.2 Å². The highest BCUT2D eigenvalue weighted by Crippen LogP contribution is 2.50. The van der Waals surface area contributed by atoms with Crippen LogP contribution in [0, 0.1) is 0 Å². The molecule has 1 unspecified atom stereocenters. The van der Waals surface area contributed by atoms with Crippen LogP contribution < -0.4 is 10.5 Å². The van der Waals surface area contributed by atoms with Crippen LogP contribution in [-0.4, -0.2) is 64.1 Å². The van der Waals surface area contributed by atoms with Crippen molar-refractivity contribution in [3.63, 3.8) is 0 Å². The number of ether oxygens (including phenoxy) is 2. The molecule has 0 fully saturated rings. The van der Waals surface area contributed by atoms with Crippen LogP contribution in [0.1, 0.15) is 12.5 Å². The summed E-state index contributed by atoms with van der Waals surface area (Å²) in [6.45, 7) is -2.10. The van der Waals surface area contributed by atoms with E-state index in [-0.39, 0.29) is 12.5 Å². The Labute approximate surface area is 221 Å². The number of halogens is 6. The van der Waals surface area contributed by atoms with Gasteiger partial charge < -0.3 is 19.8 Å². The highest BCUT2D eigenvalue weighted by molar-refractivity contribution is 7.99. The molecule has 0 spiro atoms. The van der Waals surface area contributed by atoms with Crippen LogP contribution in [0.15, 0.2) is 34.4 Å². The van der Waals surface area contributed by atoms with E-state index in [4.69, 9.17) is 15.2 Å². The predicted molar refractivity (Wildman–Crippen MR) is 127 cm³/mol. The SMILES string of the molecule is CC(Cn1cnc2c(Sc3ccc4c(c3)CCO4)nc(N)nc21)OCP(=O)(OCC(F)(F)F)OCC(F)(F)F. The molecule has 0 amide bonds. The molecule has 0 aliphatic carbocycles. The lowest BCUT2D eigenvalue weighted by molar-refractivity contribution is -0.166. The van der Waals surface area contributed by atoms with E-state index in [9.17, 15) is 30.9 Å². The Hall–Kier alpha value is -2.59. The number of aromatic nitrogens is 4. The summed E-state index contributed by atoms with van der Waals surface area (Å²) in [5, 5.41) is 0.467. The van der Waals surface area contributed by atoms with E-state index >= 15 is 0 Å². The highest BCUT2D eigenvalue weighted by atomic mass is 32.2. The van der Waals surface area contributed by atoms with Gasteiger partial charge in [-0.3, -0.25) is 13.6 Å². The maximum Gasteiger partial charge on any atom is 0.412 e. The average molecular weight is 601 g/mol. The first-order valence-electron chi connectivity index (χ1n) is 11.2. The molecule has 18 heteroatoms. The summed E-state index contributed by atoms with van der Waals surface area (Å²) in [4.78, 5) is 13.7. The van der Waals surface area contributed by atoms with Gasteiger partial charge in [0.2, 0.25) is 5.95 Å². The number of nitrogens with zero attached hydrogens (tertiary/aromatic N) is 4. The van der Waals surface area contributed by atoms with Gasteiger partial charge in [-0.05, 0) is 30.7 Å². The summed E-state index contributed by atoms with van der Waals surface area (Å²) in [5.41, 5.74) is 7.68. The number of alkyl halides is 6. The van der Waals surface area contributed by atoms with E-state index in [1.807, 2.05) is 18.2 Å². The quantitative estimate of drug-likeness (QED) is 0.178. The Kier molecular flexibility index (Phi) is 8.66. The topological polar surface area (TPSA) is 124 Å². The first kappa shape index (κ1) is 29.4. The maximum atomic E-state index is 12.5. The molecular formula is C21H22F6N5O5PS. The Balaban J connectivity index is 1.45. The van der Waals surface area contributed by atoms with Gasteiger partial charge in [0.25, 0.3) is 0 Å². The lowest BCUT2D eigenvalue weighted by Crippen LogP contribution is -2.23. The fourth-order valence-electron chi connectivity index (χ4n) is 3.48. The first-order valence-corrected chi connectivity index (χ1v) is 13.8. The third kappa shape index (κ3) is 8.20. The molecule has 1 atom stereocenters. The molecule has 10 nitrogen and oxygen atoms in total. The van der Waals surface area contributed by atoms with Gasteiger partial charge in [-0.25, -0.2) is 9.97 Å². The number of nitrogen functional groups attached to an aromatic ring is 1. The van der Waals surface area contributed by atoms with Crippen LogP contribution in [-0.2, 0) is 31.3 Å². The third-order valence-corrected chi connectivity index (χ3v) is 7.62. The normalized spacial score (nSPS) is 14.9. The van der Waals surface area contributed by atoms with E-state index in [0.29, 0.717) is 22.8 Å². The minimum atomic E-state index is -4.94. The summed E-state index contributed by atoms with van der Waals surface area (Å²) in [5.74, 6) is 0.776. The third-order valence-electron chi connectivity index (χ3n) is 5.15. The second kappa shape index (κ2) is 11.5. The molecular weight excluding hydrogens is 579 g/mol. The van der Waals surface area contributed by atoms with Gasteiger partial charge in [0.1, 0.15) is 22.6 Å². The van der Waals surface area contributed by atoms with Crippen molar-refractivity contribution in [3.05, 3.63) is 30.1 Å². The molecule has 4 rings (SSSR count). The molecule has 1 aromatic carbocycles. The van der Waals surface area contributed by atoms with E-state index in [1.165, 1.54) is 29.6 Å². The van der Waals surface area contributed by atoms with Crippen molar-refractivity contribution in [3.8, 4) is 5.75 Å². The van der Waals surface area contributed by atoms with Crippen LogP contribution in [0.2, 0.25) is 0 Å². The molecule has 2 aromatic heterocycles. The Morgan fingerprint density at radius 2 is 1.85 bits per heavy atom. The molecule has 0 saturated carbocycles. The zero-order valence-corrected chi connectivity index (χ0v) is 21.9. The maximum absolute atomic E-state index is 12.5. The summed E-state index contributed by atoms with van der Waals surface area (Å²) in [7, 11) is -4.91. The van der Waals surface area contributed by atoms with Crippen LogP contribution in [0.4, 0.5) is 32.3 Å². The summed E-state index contributed by atoms with van der Waals surface area (Å²) < 4.78 is 108. The van der Waals surface area contributed by atoms with Gasteiger partial charge in [0.15, 0.2) is 18.9 Å². The number of benzene rings is 1. The van der Waals surface area contributed by atoms with Crippen LogP contribution >= 0.6 is 19.4 Å². The molecule has 0 bridgehead atoms.